The number of nitrogens with zero attached hydrogens (tertiary/aromatic N) is 4. The van der Waals surface area contributed by atoms with Gasteiger partial charge in [0.25, 0.3) is 0 Å². The molecule has 0 amide bonds. The summed E-state index contributed by atoms with van der Waals surface area (Å²) < 4.78 is 1.68. The fourth-order valence-electron chi connectivity index (χ4n) is 4.40. The van der Waals surface area contributed by atoms with Crippen molar-refractivity contribution in [2.45, 2.75) is 77.5 Å². The molecule has 0 unspecified atom stereocenters. The lowest BCUT2D eigenvalue weighted by Gasteiger charge is -2.32. The molecule has 2 aliphatic heterocycles. The van der Waals surface area contributed by atoms with E-state index < -0.39 is 22.2 Å². The van der Waals surface area contributed by atoms with Crippen LogP contribution in [-0.2, 0) is 10.4 Å². The largest absolute Gasteiger partial charge is 0.714 e. The van der Waals surface area contributed by atoms with Crippen LogP contribution in [0.3, 0.4) is 0 Å². The minimum atomic E-state index is -0.859. The average molecular weight is 559 g/mol. The highest BCUT2D eigenvalue weighted by atomic mass is 32.1. The van der Waals surface area contributed by atoms with Crippen molar-refractivity contribution in [3.8, 4) is 19.5 Å². The first-order valence-electron chi connectivity index (χ1n) is 12.0. The van der Waals surface area contributed by atoms with Gasteiger partial charge in [-0.15, -0.1) is 34.0 Å². The Bertz CT molecular complexity index is 1350. The van der Waals surface area contributed by atoms with Gasteiger partial charge in [0.15, 0.2) is 11.1 Å². The van der Waals surface area contributed by atoms with Crippen LogP contribution in [0.5, 0.6) is 0 Å². The van der Waals surface area contributed by atoms with E-state index in [0.717, 1.165) is 39.1 Å². The number of hydroxylamine groups is 6. The van der Waals surface area contributed by atoms with Crippen molar-refractivity contribution < 1.29 is 19.9 Å². The fourth-order valence-corrected chi connectivity index (χ4v) is 7.62. The standard InChI is InChI=1S/C26H30N4O4S3/c1-23(2)24(3,4)28(32)21(27(23)31)19-13-11-17(36-19)15-9-10-16(35-15)18-12-14-20(37-18)22-29(33)25(5,6)26(7,8)30(22)34/h9-14H,1-8H3. The number of amidine groups is 2. The first kappa shape index (κ1) is 26.2. The van der Waals surface area contributed by atoms with Gasteiger partial charge >= 0.3 is 11.7 Å². The molecular weight excluding hydrogens is 529 g/mol. The van der Waals surface area contributed by atoms with E-state index in [4.69, 9.17) is 0 Å². The molecule has 3 aromatic heterocycles. The molecule has 0 N–H and O–H groups in total. The van der Waals surface area contributed by atoms with Crippen LogP contribution in [0.25, 0.3) is 19.5 Å². The maximum atomic E-state index is 13.0. The summed E-state index contributed by atoms with van der Waals surface area (Å²) in [5, 5.41) is 53.8. The van der Waals surface area contributed by atoms with Gasteiger partial charge in [0, 0.05) is 29.9 Å². The molecule has 5 rings (SSSR count). The second kappa shape index (κ2) is 8.03. The lowest BCUT2D eigenvalue weighted by Crippen LogP contribution is -2.53. The van der Waals surface area contributed by atoms with E-state index in [-0.39, 0.29) is 11.7 Å². The molecule has 0 spiro atoms. The van der Waals surface area contributed by atoms with Crippen LogP contribution < -0.4 is 0 Å². The van der Waals surface area contributed by atoms with E-state index in [1.807, 2.05) is 36.4 Å². The van der Waals surface area contributed by atoms with Gasteiger partial charge in [-0.05, 0) is 91.8 Å². The highest BCUT2D eigenvalue weighted by molar-refractivity contribution is 7.27. The number of hydrogen-bond donors (Lipinski definition) is 0. The van der Waals surface area contributed by atoms with E-state index in [9.17, 15) is 20.8 Å². The SMILES string of the molecule is CC1(C)N([O])C(c2ccc(-c3ccc(-c4ccc(C5=[N+]([O-])C(C)(C)C(C)(C)N5[O])s4)s3)s2)=[N+]([O-])C1(C)C. The minimum Gasteiger partial charge on any atom is -0.714 e. The van der Waals surface area contributed by atoms with E-state index in [1.54, 1.807) is 66.7 Å². The van der Waals surface area contributed by atoms with Crippen LogP contribution in [0.2, 0.25) is 0 Å². The van der Waals surface area contributed by atoms with Crippen LogP contribution in [0.15, 0.2) is 36.4 Å². The summed E-state index contributed by atoms with van der Waals surface area (Å²) in [6, 6.07) is 11.6. The fraction of sp³-hybridized carbons (Fsp3) is 0.462. The second-order valence-electron chi connectivity index (χ2n) is 11.6. The molecular formula is C26H30N4O4S3. The molecule has 0 aromatic carbocycles. The van der Waals surface area contributed by atoms with Gasteiger partial charge in [-0.3, -0.25) is 9.48 Å². The highest BCUT2D eigenvalue weighted by Crippen LogP contribution is 2.44. The third-order valence-electron chi connectivity index (χ3n) is 8.54. The molecule has 196 valence electrons. The van der Waals surface area contributed by atoms with Crippen molar-refractivity contribution in [1.29, 1.82) is 0 Å². The monoisotopic (exact) mass is 558 g/mol. The van der Waals surface area contributed by atoms with Crippen molar-refractivity contribution >= 4 is 45.7 Å². The van der Waals surface area contributed by atoms with Crippen LogP contribution >= 0.6 is 34.0 Å². The molecule has 5 heterocycles. The zero-order valence-electron chi connectivity index (χ0n) is 22.1. The van der Waals surface area contributed by atoms with Crippen LogP contribution in [-0.4, -0.2) is 53.4 Å². The Kier molecular flexibility index (Phi) is 5.68. The van der Waals surface area contributed by atoms with Crippen molar-refractivity contribution in [3.05, 3.63) is 56.6 Å². The van der Waals surface area contributed by atoms with Crippen molar-refractivity contribution in [1.82, 2.24) is 10.1 Å². The highest BCUT2D eigenvalue weighted by Gasteiger charge is 2.61. The third kappa shape index (κ3) is 3.44. The molecule has 0 atom stereocenters. The first-order chi connectivity index (χ1) is 17.0. The molecule has 2 radical (unpaired) electrons. The molecule has 0 fully saturated rings. The van der Waals surface area contributed by atoms with Crippen molar-refractivity contribution in [2.24, 2.45) is 0 Å². The number of rotatable bonds is 4. The van der Waals surface area contributed by atoms with E-state index >= 15 is 0 Å². The first-order valence-corrected chi connectivity index (χ1v) is 14.4. The van der Waals surface area contributed by atoms with E-state index in [0.29, 0.717) is 9.75 Å². The Balaban J connectivity index is 1.44. The molecule has 11 heteroatoms. The van der Waals surface area contributed by atoms with Crippen molar-refractivity contribution in [3.63, 3.8) is 0 Å². The summed E-state index contributed by atoms with van der Waals surface area (Å²) in [5.41, 5.74) is -3.44. The van der Waals surface area contributed by atoms with Crippen molar-refractivity contribution in [2.75, 3.05) is 0 Å². The molecule has 0 bridgehead atoms. The van der Waals surface area contributed by atoms with E-state index in [2.05, 4.69) is 0 Å². The van der Waals surface area contributed by atoms with E-state index in [1.165, 1.54) is 22.7 Å². The Labute approximate surface area is 228 Å². The normalized spacial score (nSPS) is 22.0. The Morgan fingerprint density at radius 1 is 0.541 bits per heavy atom. The van der Waals surface area contributed by atoms with Gasteiger partial charge in [-0.1, -0.05) is 10.1 Å². The zero-order valence-corrected chi connectivity index (χ0v) is 24.6. The quantitative estimate of drug-likeness (QED) is 0.283. The molecule has 2 aliphatic rings. The number of hydrogen-bond acceptors (Lipinski definition) is 7. The zero-order chi connectivity index (χ0) is 27.3. The van der Waals surface area contributed by atoms with Crippen LogP contribution in [0, 0.1) is 10.4 Å². The summed E-state index contributed by atoms with van der Waals surface area (Å²) in [7, 11) is 0. The Morgan fingerprint density at radius 3 is 1.03 bits per heavy atom. The van der Waals surface area contributed by atoms with Gasteiger partial charge < -0.3 is 10.4 Å². The molecule has 37 heavy (non-hydrogen) atoms. The summed E-state index contributed by atoms with van der Waals surface area (Å²) in [4.78, 5) is 5.23. The lowest BCUT2D eigenvalue weighted by atomic mass is 9.84. The maximum Gasteiger partial charge on any atom is 0.326 e. The average Bonchev–Trinajstić information content (AvgIpc) is 3.61. The summed E-state index contributed by atoms with van der Waals surface area (Å²) >= 11 is 4.43. The van der Waals surface area contributed by atoms with Crippen LogP contribution in [0.1, 0.15) is 65.1 Å². The second-order valence-corrected chi connectivity index (χ2v) is 14.8. The van der Waals surface area contributed by atoms with Gasteiger partial charge in [0.05, 0.1) is 0 Å². The molecule has 8 nitrogen and oxygen atoms in total. The summed E-state index contributed by atoms with van der Waals surface area (Å²) in [6.07, 6.45) is 0. The predicted octanol–water partition coefficient (Wildman–Crippen LogP) is 6.16. The third-order valence-corrected chi connectivity index (χ3v) is 12.2. The summed E-state index contributed by atoms with van der Waals surface area (Å²) in [5.74, 6) is 0.296. The van der Waals surface area contributed by atoms with Gasteiger partial charge in [-0.25, -0.2) is 0 Å². The van der Waals surface area contributed by atoms with Gasteiger partial charge in [0.1, 0.15) is 20.8 Å². The Hall–Kier alpha value is -2.44. The van der Waals surface area contributed by atoms with Gasteiger partial charge in [0.2, 0.25) is 0 Å². The maximum absolute atomic E-state index is 13.0. The molecule has 0 saturated heterocycles. The lowest BCUT2D eigenvalue weighted by molar-refractivity contribution is -0.539. The number of thiophene rings is 3. The minimum absolute atomic E-state index is 0.148. The Morgan fingerprint density at radius 2 is 0.784 bits per heavy atom. The molecule has 0 saturated carbocycles. The summed E-state index contributed by atoms with van der Waals surface area (Å²) in [6.45, 7) is 14.3. The predicted molar refractivity (Wildman–Crippen MR) is 148 cm³/mol. The molecule has 3 aromatic rings. The molecule has 0 aliphatic carbocycles. The topological polar surface area (TPSA) is 98.4 Å². The van der Waals surface area contributed by atoms with Gasteiger partial charge in [-0.2, -0.15) is 0 Å². The van der Waals surface area contributed by atoms with Crippen LogP contribution in [0.4, 0.5) is 0 Å². The smallest absolute Gasteiger partial charge is 0.326 e.